The molecule has 4 heteroatoms. The van der Waals surface area contributed by atoms with Crippen molar-refractivity contribution in [3.05, 3.63) is 63.6 Å². The summed E-state index contributed by atoms with van der Waals surface area (Å²) in [5.41, 5.74) is 1.91. The van der Waals surface area contributed by atoms with Crippen LogP contribution in [0.15, 0.2) is 42.5 Å². The lowest BCUT2D eigenvalue weighted by molar-refractivity contribution is 0.414. The van der Waals surface area contributed by atoms with Crippen LogP contribution in [-0.2, 0) is 6.42 Å². The quantitative estimate of drug-likeness (QED) is 0.808. The van der Waals surface area contributed by atoms with Gasteiger partial charge in [-0.1, -0.05) is 41.4 Å². The van der Waals surface area contributed by atoms with Crippen molar-refractivity contribution >= 4 is 23.2 Å². The Hall–Kier alpha value is -1.69. The number of hydrogen-bond acceptors (Lipinski definition) is 2. The summed E-state index contributed by atoms with van der Waals surface area (Å²) in [5.74, 6) is 0.499. The van der Waals surface area contributed by atoms with Gasteiger partial charge in [0.2, 0.25) is 0 Å². The smallest absolute Gasteiger partial charge is 0.119 e. The lowest BCUT2D eigenvalue weighted by Gasteiger charge is -2.11. The Morgan fingerprint density at radius 3 is 2.60 bits per heavy atom. The van der Waals surface area contributed by atoms with Gasteiger partial charge in [0.15, 0.2) is 0 Å². The van der Waals surface area contributed by atoms with Crippen LogP contribution in [0.4, 0.5) is 0 Å². The fourth-order valence-electron chi connectivity index (χ4n) is 2.00. The van der Waals surface area contributed by atoms with E-state index in [4.69, 9.17) is 27.9 Å². The number of methoxy groups -OCH3 is 1. The van der Waals surface area contributed by atoms with Crippen molar-refractivity contribution in [2.75, 3.05) is 7.11 Å². The van der Waals surface area contributed by atoms with E-state index >= 15 is 0 Å². The second kappa shape index (κ2) is 6.65. The standard InChI is InChI=1S/C16H13Cl2NO/c1-20-14-4-2-3-12(9-14)13(10-19)7-11-5-6-15(17)16(18)8-11/h2-6,8-9,13H,7H2,1H3. The average molecular weight is 306 g/mol. The first-order chi connectivity index (χ1) is 9.63. The van der Waals surface area contributed by atoms with E-state index < -0.39 is 0 Å². The minimum atomic E-state index is -0.248. The molecule has 0 bridgehead atoms. The second-order valence-corrected chi connectivity index (χ2v) is 5.23. The third-order valence-corrected chi connectivity index (χ3v) is 3.81. The van der Waals surface area contributed by atoms with Crippen LogP contribution in [0.1, 0.15) is 17.0 Å². The molecule has 0 aliphatic heterocycles. The van der Waals surface area contributed by atoms with Gasteiger partial charge < -0.3 is 4.74 Å². The molecule has 0 N–H and O–H groups in total. The zero-order valence-electron chi connectivity index (χ0n) is 10.9. The Labute approximate surface area is 128 Å². The zero-order valence-corrected chi connectivity index (χ0v) is 12.4. The van der Waals surface area contributed by atoms with Crippen LogP contribution in [0, 0.1) is 11.3 Å². The van der Waals surface area contributed by atoms with E-state index in [-0.39, 0.29) is 5.92 Å². The maximum atomic E-state index is 9.38. The molecule has 0 heterocycles. The molecule has 0 saturated heterocycles. The molecule has 1 atom stereocenters. The number of nitrogens with zero attached hydrogens (tertiary/aromatic N) is 1. The van der Waals surface area contributed by atoms with Gasteiger partial charge in [0, 0.05) is 0 Å². The summed E-state index contributed by atoms with van der Waals surface area (Å²) >= 11 is 11.9. The van der Waals surface area contributed by atoms with Gasteiger partial charge in [0.25, 0.3) is 0 Å². The Balaban J connectivity index is 2.24. The minimum absolute atomic E-state index is 0.248. The van der Waals surface area contributed by atoms with Gasteiger partial charge in [0.05, 0.1) is 29.1 Å². The summed E-state index contributed by atoms with van der Waals surface area (Å²) in [6, 6.07) is 15.3. The van der Waals surface area contributed by atoms with Gasteiger partial charge in [0.1, 0.15) is 5.75 Å². The number of nitriles is 1. The minimum Gasteiger partial charge on any atom is -0.497 e. The van der Waals surface area contributed by atoms with Crippen LogP contribution in [0.5, 0.6) is 5.75 Å². The number of benzene rings is 2. The number of halogens is 2. The van der Waals surface area contributed by atoms with Gasteiger partial charge in [-0.3, -0.25) is 0 Å². The fraction of sp³-hybridized carbons (Fsp3) is 0.188. The van der Waals surface area contributed by atoms with Gasteiger partial charge in [-0.05, 0) is 41.8 Å². The monoisotopic (exact) mass is 305 g/mol. The number of ether oxygens (including phenoxy) is 1. The van der Waals surface area contributed by atoms with Crippen molar-refractivity contribution < 1.29 is 4.74 Å². The highest BCUT2D eigenvalue weighted by atomic mass is 35.5. The molecule has 102 valence electrons. The van der Waals surface area contributed by atoms with Crippen LogP contribution >= 0.6 is 23.2 Å². The van der Waals surface area contributed by atoms with Crippen molar-refractivity contribution in [1.82, 2.24) is 0 Å². The van der Waals surface area contributed by atoms with Gasteiger partial charge in [-0.2, -0.15) is 5.26 Å². The topological polar surface area (TPSA) is 33.0 Å². The molecule has 0 aliphatic carbocycles. The molecule has 1 unspecified atom stereocenters. The van der Waals surface area contributed by atoms with Crippen molar-refractivity contribution in [3.8, 4) is 11.8 Å². The third-order valence-electron chi connectivity index (χ3n) is 3.08. The van der Waals surface area contributed by atoms with E-state index in [2.05, 4.69) is 6.07 Å². The highest BCUT2D eigenvalue weighted by Gasteiger charge is 2.13. The molecule has 0 spiro atoms. The van der Waals surface area contributed by atoms with E-state index in [1.807, 2.05) is 30.3 Å². The second-order valence-electron chi connectivity index (χ2n) is 4.41. The molecule has 0 aliphatic rings. The first kappa shape index (κ1) is 14.7. The van der Waals surface area contributed by atoms with Crippen LogP contribution < -0.4 is 4.74 Å². The summed E-state index contributed by atoms with van der Waals surface area (Å²) in [6.45, 7) is 0. The van der Waals surface area contributed by atoms with Crippen LogP contribution in [-0.4, -0.2) is 7.11 Å². The summed E-state index contributed by atoms with van der Waals surface area (Å²) in [6.07, 6.45) is 0.584. The molecule has 2 aromatic rings. The lowest BCUT2D eigenvalue weighted by atomic mass is 9.93. The Kier molecular flexibility index (Phi) is 4.89. The predicted octanol–water partition coefficient (Wildman–Crippen LogP) is 4.85. The molecule has 0 amide bonds. The van der Waals surface area contributed by atoms with Crippen LogP contribution in [0.25, 0.3) is 0 Å². The predicted molar refractivity (Wildman–Crippen MR) is 81.5 cm³/mol. The summed E-state index contributed by atoms with van der Waals surface area (Å²) < 4.78 is 5.19. The van der Waals surface area contributed by atoms with Crippen molar-refractivity contribution in [1.29, 1.82) is 5.26 Å². The third kappa shape index (κ3) is 3.45. The fourth-order valence-corrected chi connectivity index (χ4v) is 2.32. The maximum Gasteiger partial charge on any atom is 0.119 e. The van der Waals surface area contributed by atoms with E-state index in [0.717, 1.165) is 16.9 Å². The Morgan fingerprint density at radius 1 is 1.15 bits per heavy atom. The van der Waals surface area contributed by atoms with E-state index in [0.29, 0.717) is 16.5 Å². The molecule has 0 fully saturated rings. The molecule has 2 nitrogen and oxygen atoms in total. The summed E-state index contributed by atoms with van der Waals surface area (Å²) in [7, 11) is 1.61. The summed E-state index contributed by atoms with van der Waals surface area (Å²) in [4.78, 5) is 0. The molecule has 0 radical (unpaired) electrons. The maximum absolute atomic E-state index is 9.38. The van der Waals surface area contributed by atoms with Crippen molar-refractivity contribution in [3.63, 3.8) is 0 Å². The van der Waals surface area contributed by atoms with E-state index in [1.165, 1.54) is 0 Å². The largest absolute Gasteiger partial charge is 0.497 e. The number of hydrogen-bond donors (Lipinski definition) is 0. The molecular weight excluding hydrogens is 293 g/mol. The lowest BCUT2D eigenvalue weighted by Crippen LogP contribution is -2.01. The Bertz CT molecular complexity index is 649. The zero-order chi connectivity index (χ0) is 14.5. The summed E-state index contributed by atoms with van der Waals surface area (Å²) in [5, 5.41) is 10.4. The van der Waals surface area contributed by atoms with Gasteiger partial charge in [-0.25, -0.2) is 0 Å². The SMILES string of the molecule is COc1cccc(C(C#N)Cc2ccc(Cl)c(Cl)c2)c1. The van der Waals surface area contributed by atoms with Crippen LogP contribution in [0.3, 0.4) is 0 Å². The normalized spacial score (nSPS) is 11.7. The molecule has 0 saturated carbocycles. The molecule has 20 heavy (non-hydrogen) atoms. The molecule has 2 aromatic carbocycles. The molecule has 2 rings (SSSR count). The van der Waals surface area contributed by atoms with Gasteiger partial charge >= 0.3 is 0 Å². The number of rotatable bonds is 4. The highest BCUT2D eigenvalue weighted by Crippen LogP contribution is 2.27. The Morgan fingerprint density at radius 2 is 1.95 bits per heavy atom. The van der Waals surface area contributed by atoms with Crippen LogP contribution in [0.2, 0.25) is 10.0 Å². The average Bonchev–Trinajstić information content (AvgIpc) is 2.48. The molecular formula is C16H13Cl2NO. The highest BCUT2D eigenvalue weighted by molar-refractivity contribution is 6.42. The van der Waals surface area contributed by atoms with Gasteiger partial charge in [-0.15, -0.1) is 0 Å². The van der Waals surface area contributed by atoms with E-state index in [9.17, 15) is 5.26 Å². The molecule has 0 aromatic heterocycles. The van der Waals surface area contributed by atoms with Crippen molar-refractivity contribution in [2.45, 2.75) is 12.3 Å². The van der Waals surface area contributed by atoms with E-state index in [1.54, 1.807) is 19.2 Å². The first-order valence-corrected chi connectivity index (χ1v) is 6.87. The van der Waals surface area contributed by atoms with Crippen molar-refractivity contribution in [2.24, 2.45) is 0 Å². The first-order valence-electron chi connectivity index (χ1n) is 6.11.